The largest absolute Gasteiger partial charge is 0.312 e. The molecule has 1 aliphatic heterocycles. The third-order valence-corrected chi connectivity index (χ3v) is 6.27. The van der Waals surface area contributed by atoms with Crippen molar-refractivity contribution in [2.45, 2.75) is 89.6 Å². The van der Waals surface area contributed by atoms with Crippen LogP contribution in [0.25, 0.3) is 0 Å². The molecule has 3 rings (SSSR count). The van der Waals surface area contributed by atoms with E-state index in [1.54, 1.807) is 0 Å². The summed E-state index contributed by atoms with van der Waals surface area (Å²) in [4.78, 5) is 2.88. The highest BCUT2D eigenvalue weighted by Gasteiger charge is 2.31. The second-order valence-corrected chi connectivity index (χ2v) is 8.04. The van der Waals surface area contributed by atoms with E-state index in [-0.39, 0.29) is 0 Å². The highest BCUT2D eigenvalue weighted by Crippen LogP contribution is 2.30. The fraction of sp³-hybridized carbons (Fsp3) is 1.00. The van der Waals surface area contributed by atoms with Gasteiger partial charge >= 0.3 is 0 Å². The van der Waals surface area contributed by atoms with Crippen molar-refractivity contribution in [3.63, 3.8) is 0 Å². The maximum atomic E-state index is 3.94. The Hall–Kier alpha value is -0.0800. The van der Waals surface area contributed by atoms with Crippen LogP contribution in [0.3, 0.4) is 0 Å². The third kappa shape index (κ3) is 4.45. The molecule has 122 valence electrons. The van der Waals surface area contributed by atoms with Crippen LogP contribution in [0.5, 0.6) is 0 Å². The van der Waals surface area contributed by atoms with Crippen LogP contribution in [-0.2, 0) is 0 Å². The molecule has 2 saturated carbocycles. The molecule has 0 amide bonds. The van der Waals surface area contributed by atoms with Gasteiger partial charge in [-0.05, 0) is 56.9 Å². The summed E-state index contributed by atoms with van der Waals surface area (Å²) in [5.74, 6) is 1.95. The number of piperidine rings is 1. The molecule has 0 radical (unpaired) electrons. The Morgan fingerprint density at radius 1 is 0.905 bits per heavy atom. The molecule has 0 aromatic rings. The third-order valence-electron chi connectivity index (χ3n) is 6.27. The summed E-state index contributed by atoms with van der Waals surface area (Å²) >= 11 is 0. The molecule has 3 aliphatic rings. The van der Waals surface area contributed by atoms with Gasteiger partial charge in [-0.2, -0.15) is 0 Å². The minimum absolute atomic E-state index is 0.776. The van der Waals surface area contributed by atoms with Crippen LogP contribution in [-0.4, -0.2) is 36.6 Å². The number of nitrogens with one attached hydrogen (secondary N) is 1. The second-order valence-electron chi connectivity index (χ2n) is 8.04. The summed E-state index contributed by atoms with van der Waals surface area (Å²) in [5, 5.41) is 3.94. The standard InChI is InChI=1S/C19H36N2/c1-2-7-17-12-18(20-13-16-8-6-9-16)15-21(14-17)19-10-4-3-5-11-19/h16-20H,2-15H2,1H3. The van der Waals surface area contributed by atoms with E-state index in [9.17, 15) is 0 Å². The van der Waals surface area contributed by atoms with E-state index < -0.39 is 0 Å². The number of likely N-dealkylation sites (tertiary alicyclic amines) is 1. The Labute approximate surface area is 132 Å². The van der Waals surface area contributed by atoms with Crippen LogP contribution in [0.2, 0.25) is 0 Å². The van der Waals surface area contributed by atoms with Crippen molar-refractivity contribution in [2.75, 3.05) is 19.6 Å². The van der Waals surface area contributed by atoms with E-state index in [1.165, 1.54) is 90.3 Å². The Bertz CT molecular complexity index is 294. The molecule has 2 unspecified atom stereocenters. The monoisotopic (exact) mass is 292 g/mol. The van der Waals surface area contributed by atoms with E-state index in [1.807, 2.05) is 0 Å². The molecule has 21 heavy (non-hydrogen) atoms. The summed E-state index contributed by atoms with van der Waals surface area (Å²) in [6.45, 7) is 6.37. The van der Waals surface area contributed by atoms with Gasteiger partial charge in [-0.1, -0.05) is 39.0 Å². The second kappa shape index (κ2) is 7.97. The smallest absolute Gasteiger partial charge is 0.0198 e. The molecule has 2 nitrogen and oxygen atoms in total. The van der Waals surface area contributed by atoms with E-state index in [4.69, 9.17) is 0 Å². The molecule has 2 aliphatic carbocycles. The predicted molar refractivity (Wildman–Crippen MR) is 90.6 cm³/mol. The van der Waals surface area contributed by atoms with E-state index >= 15 is 0 Å². The zero-order chi connectivity index (χ0) is 14.5. The molecule has 0 aromatic carbocycles. The molecular weight excluding hydrogens is 256 g/mol. The average molecular weight is 293 g/mol. The molecule has 2 heteroatoms. The van der Waals surface area contributed by atoms with Crippen LogP contribution < -0.4 is 5.32 Å². The lowest BCUT2D eigenvalue weighted by Crippen LogP contribution is -2.53. The lowest BCUT2D eigenvalue weighted by molar-refractivity contribution is 0.0718. The van der Waals surface area contributed by atoms with Crippen LogP contribution in [0.4, 0.5) is 0 Å². The first-order valence-electron chi connectivity index (χ1n) is 9.82. The van der Waals surface area contributed by atoms with Crippen LogP contribution >= 0.6 is 0 Å². The van der Waals surface area contributed by atoms with Gasteiger partial charge in [0.25, 0.3) is 0 Å². The van der Waals surface area contributed by atoms with Gasteiger partial charge in [0.1, 0.15) is 0 Å². The fourth-order valence-electron chi connectivity index (χ4n) is 4.78. The van der Waals surface area contributed by atoms with E-state index in [2.05, 4.69) is 17.1 Å². The maximum Gasteiger partial charge on any atom is 0.0198 e. The Morgan fingerprint density at radius 2 is 1.71 bits per heavy atom. The first-order chi connectivity index (χ1) is 10.3. The highest BCUT2D eigenvalue weighted by molar-refractivity contribution is 4.88. The van der Waals surface area contributed by atoms with E-state index in [0.29, 0.717) is 0 Å². The molecule has 0 spiro atoms. The van der Waals surface area contributed by atoms with Crippen LogP contribution in [0.15, 0.2) is 0 Å². The summed E-state index contributed by atoms with van der Waals surface area (Å²) in [5.41, 5.74) is 0. The maximum absolute atomic E-state index is 3.94. The van der Waals surface area contributed by atoms with Gasteiger partial charge in [0, 0.05) is 25.2 Å². The minimum Gasteiger partial charge on any atom is -0.312 e. The summed E-state index contributed by atoms with van der Waals surface area (Å²) in [6, 6.07) is 1.68. The molecule has 1 N–H and O–H groups in total. The summed E-state index contributed by atoms with van der Waals surface area (Å²) < 4.78 is 0. The lowest BCUT2D eigenvalue weighted by atomic mass is 9.84. The van der Waals surface area contributed by atoms with Crippen molar-refractivity contribution >= 4 is 0 Å². The number of hydrogen-bond acceptors (Lipinski definition) is 2. The number of rotatable bonds is 6. The molecule has 1 saturated heterocycles. The summed E-state index contributed by atoms with van der Waals surface area (Å²) in [7, 11) is 0. The van der Waals surface area contributed by atoms with Gasteiger partial charge in [-0.3, -0.25) is 4.90 Å². The quantitative estimate of drug-likeness (QED) is 0.789. The molecule has 1 heterocycles. The van der Waals surface area contributed by atoms with Crippen molar-refractivity contribution < 1.29 is 0 Å². The van der Waals surface area contributed by atoms with Crippen molar-refractivity contribution in [1.82, 2.24) is 10.2 Å². The average Bonchev–Trinajstić information content (AvgIpc) is 2.47. The number of nitrogens with zero attached hydrogens (tertiary/aromatic N) is 1. The molecular formula is C19H36N2. The van der Waals surface area contributed by atoms with Crippen molar-refractivity contribution in [3.05, 3.63) is 0 Å². The zero-order valence-corrected chi connectivity index (χ0v) is 14.2. The van der Waals surface area contributed by atoms with Crippen molar-refractivity contribution in [2.24, 2.45) is 11.8 Å². The Morgan fingerprint density at radius 3 is 2.38 bits per heavy atom. The van der Waals surface area contributed by atoms with Gasteiger partial charge in [0.2, 0.25) is 0 Å². The summed E-state index contributed by atoms with van der Waals surface area (Å²) in [6.07, 6.45) is 16.0. The van der Waals surface area contributed by atoms with Gasteiger partial charge in [-0.25, -0.2) is 0 Å². The normalized spacial score (nSPS) is 33.0. The molecule has 3 fully saturated rings. The molecule has 2 atom stereocenters. The van der Waals surface area contributed by atoms with Crippen molar-refractivity contribution in [3.8, 4) is 0 Å². The molecule has 0 bridgehead atoms. The fourth-order valence-corrected chi connectivity index (χ4v) is 4.78. The zero-order valence-electron chi connectivity index (χ0n) is 14.2. The first-order valence-corrected chi connectivity index (χ1v) is 9.82. The minimum atomic E-state index is 0.776. The Balaban J connectivity index is 1.51. The van der Waals surface area contributed by atoms with Gasteiger partial charge in [0.05, 0.1) is 0 Å². The predicted octanol–water partition coefficient (Wildman–Crippen LogP) is 4.20. The van der Waals surface area contributed by atoms with Crippen LogP contribution in [0, 0.1) is 11.8 Å². The SMILES string of the molecule is CCCC1CC(NCC2CCC2)CN(C2CCCCC2)C1. The highest BCUT2D eigenvalue weighted by atomic mass is 15.2. The first kappa shape index (κ1) is 15.8. The number of hydrogen-bond donors (Lipinski definition) is 1. The Kier molecular flexibility index (Phi) is 5.99. The van der Waals surface area contributed by atoms with Gasteiger partial charge < -0.3 is 5.32 Å². The van der Waals surface area contributed by atoms with E-state index in [0.717, 1.165) is 23.9 Å². The van der Waals surface area contributed by atoms with Crippen molar-refractivity contribution in [1.29, 1.82) is 0 Å². The lowest BCUT2D eigenvalue weighted by Gasteiger charge is -2.44. The topological polar surface area (TPSA) is 15.3 Å². The van der Waals surface area contributed by atoms with Gasteiger partial charge in [-0.15, -0.1) is 0 Å². The molecule has 0 aromatic heterocycles. The van der Waals surface area contributed by atoms with Crippen LogP contribution in [0.1, 0.15) is 77.6 Å². The van der Waals surface area contributed by atoms with Gasteiger partial charge in [0.15, 0.2) is 0 Å².